The Morgan fingerprint density at radius 1 is 1.28 bits per heavy atom. The molecule has 0 unspecified atom stereocenters. The molecule has 2 N–H and O–H groups in total. The van der Waals surface area contributed by atoms with Crippen molar-refractivity contribution in [1.82, 2.24) is 20.2 Å². The minimum Gasteiger partial charge on any atom is -0.351 e. The highest BCUT2D eigenvalue weighted by Crippen LogP contribution is 2.14. The highest BCUT2D eigenvalue weighted by molar-refractivity contribution is 7.09. The number of amides is 1. The van der Waals surface area contributed by atoms with Crippen molar-refractivity contribution in [1.29, 1.82) is 0 Å². The molecule has 2 aromatic heterocycles. The second kappa shape index (κ2) is 11.5. The van der Waals surface area contributed by atoms with Crippen molar-refractivity contribution in [2.24, 2.45) is 5.92 Å². The number of imidazole rings is 1. The van der Waals surface area contributed by atoms with Crippen molar-refractivity contribution in [2.75, 3.05) is 6.54 Å². The molecule has 3 aromatic rings. The summed E-state index contributed by atoms with van der Waals surface area (Å²) in [7, 11) is 0. The normalized spacial score (nSPS) is 12.9. The van der Waals surface area contributed by atoms with Gasteiger partial charge in [-0.3, -0.25) is 14.9 Å². The number of hydrogen-bond acceptors (Lipinski definition) is 6. The lowest BCUT2D eigenvalue weighted by molar-refractivity contribution is -0.384. The Labute approximate surface area is 191 Å². The molecular formula is C23H29N5O3S. The van der Waals surface area contributed by atoms with Crippen LogP contribution in [-0.4, -0.2) is 33.0 Å². The first kappa shape index (κ1) is 23.6. The van der Waals surface area contributed by atoms with E-state index in [-0.39, 0.29) is 24.1 Å². The highest BCUT2D eigenvalue weighted by Gasteiger charge is 2.19. The van der Waals surface area contributed by atoms with E-state index in [1.165, 1.54) is 17.0 Å². The number of carbonyl (C=O) groups excluding carboxylic acids is 1. The number of benzene rings is 1. The summed E-state index contributed by atoms with van der Waals surface area (Å²) >= 11 is 1.72. The van der Waals surface area contributed by atoms with Gasteiger partial charge in [-0.1, -0.05) is 38.5 Å². The van der Waals surface area contributed by atoms with Crippen LogP contribution in [0.2, 0.25) is 0 Å². The molecule has 1 amide bonds. The number of nitrogens with one attached hydrogen (secondary N) is 2. The maximum atomic E-state index is 12.8. The van der Waals surface area contributed by atoms with Crippen molar-refractivity contribution in [3.63, 3.8) is 0 Å². The molecule has 170 valence electrons. The summed E-state index contributed by atoms with van der Waals surface area (Å²) in [5.74, 6) is 0.304. The van der Waals surface area contributed by atoms with Crippen molar-refractivity contribution < 1.29 is 9.72 Å². The van der Waals surface area contributed by atoms with Gasteiger partial charge < -0.3 is 15.2 Å². The number of rotatable bonds is 12. The Kier molecular flexibility index (Phi) is 8.52. The first-order chi connectivity index (χ1) is 15.5. The summed E-state index contributed by atoms with van der Waals surface area (Å²) in [6, 6.07) is 10.6. The van der Waals surface area contributed by atoms with Crippen LogP contribution in [0.25, 0.3) is 0 Å². The molecule has 0 aliphatic rings. The Balaban J connectivity index is 1.56. The average Bonchev–Trinajstić information content (AvgIpc) is 3.45. The number of non-ortho nitro benzene ring substituents is 1. The Morgan fingerprint density at radius 2 is 2.06 bits per heavy atom. The molecule has 2 atom stereocenters. The average molecular weight is 456 g/mol. The van der Waals surface area contributed by atoms with E-state index < -0.39 is 4.92 Å². The summed E-state index contributed by atoms with van der Waals surface area (Å²) in [4.78, 5) is 28.7. The third-order valence-electron chi connectivity index (χ3n) is 5.56. The highest BCUT2D eigenvalue weighted by atomic mass is 32.1. The second-order valence-corrected chi connectivity index (χ2v) is 8.92. The molecule has 2 heterocycles. The molecule has 8 nitrogen and oxygen atoms in total. The zero-order valence-electron chi connectivity index (χ0n) is 18.4. The largest absolute Gasteiger partial charge is 0.351 e. The molecule has 0 saturated carbocycles. The van der Waals surface area contributed by atoms with E-state index in [0.29, 0.717) is 19.0 Å². The number of aromatic nitrogens is 2. The van der Waals surface area contributed by atoms with Crippen molar-refractivity contribution >= 4 is 22.9 Å². The van der Waals surface area contributed by atoms with Crippen LogP contribution in [0.15, 0.2) is 54.3 Å². The third-order valence-corrected chi connectivity index (χ3v) is 6.44. The molecule has 0 aliphatic heterocycles. The van der Waals surface area contributed by atoms with Crippen LogP contribution in [0.1, 0.15) is 36.4 Å². The number of thiophene rings is 1. The summed E-state index contributed by atoms with van der Waals surface area (Å²) in [6.07, 6.45) is 4.57. The van der Waals surface area contributed by atoms with E-state index in [4.69, 9.17) is 0 Å². The molecular weight excluding hydrogens is 426 g/mol. The Hall–Kier alpha value is -3.04. The first-order valence-corrected chi connectivity index (χ1v) is 11.6. The number of hydrogen-bond donors (Lipinski definition) is 2. The van der Waals surface area contributed by atoms with Gasteiger partial charge >= 0.3 is 0 Å². The topological polar surface area (TPSA) is 102 Å². The van der Waals surface area contributed by atoms with Crippen LogP contribution in [0.4, 0.5) is 5.69 Å². The van der Waals surface area contributed by atoms with Crippen molar-refractivity contribution in [2.45, 2.75) is 45.8 Å². The Bertz CT molecular complexity index is 1000. The lowest BCUT2D eigenvalue weighted by atomic mass is 9.98. The predicted molar refractivity (Wildman–Crippen MR) is 126 cm³/mol. The van der Waals surface area contributed by atoms with E-state index in [1.807, 2.05) is 10.6 Å². The fourth-order valence-corrected chi connectivity index (χ4v) is 4.10. The smallest absolute Gasteiger partial charge is 0.269 e. The van der Waals surface area contributed by atoms with Crippen LogP contribution in [0, 0.1) is 16.0 Å². The van der Waals surface area contributed by atoms with Gasteiger partial charge in [0.15, 0.2) is 0 Å². The molecule has 0 saturated heterocycles. The van der Waals surface area contributed by atoms with Gasteiger partial charge in [0.2, 0.25) is 5.91 Å². The summed E-state index contributed by atoms with van der Waals surface area (Å²) in [5, 5.41) is 19.5. The van der Waals surface area contributed by atoms with Crippen LogP contribution >= 0.6 is 11.3 Å². The molecule has 0 bridgehead atoms. The van der Waals surface area contributed by atoms with E-state index in [1.54, 1.807) is 36.0 Å². The zero-order valence-corrected chi connectivity index (χ0v) is 19.2. The summed E-state index contributed by atoms with van der Waals surface area (Å²) in [6.45, 7) is 6.28. The van der Waals surface area contributed by atoms with Crippen molar-refractivity contribution in [3.8, 4) is 0 Å². The second-order valence-electron chi connectivity index (χ2n) is 7.88. The van der Waals surface area contributed by atoms with E-state index in [9.17, 15) is 14.9 Å². The van der Waals surface area contributed by atoms with Crippen molar-refractivity contribution in [3.05, 3.63) is 80.6 Å². The SMILES string of the molecule is CC[C@H](C)[C@@H](CNCc1cccs1)NC(=O)Cc1cncn1Cc1ccc([N+](=O)[O-])cc1. The molecule has 9 heteroatoms. The summed E-state index contributed by atoms with van der Waals surface area (Å²) in [5.41, 5.74) is 1.77. The van der Waals surface area contributed by atoms with Gasteiger partial charge in [-0.2, -0.15) is 0 Å². The fraction of sp³-hybridized carbons (Fsp3) is 0.391. The van der Waals surface area contributed by atoms with Crippen LogP contribution in [0.5, 0.6) is 0 Å². The van der Waals surface area contributed by atoms with E-state index >= 15 is 0 Å². The fourth-order valence-electron chi connectivity index (χ4n) is 3.42. The number of carbonyl (C=O) groups is 1. The van der Waals surface area contributed by atoms with Crippen LogP contribution in [-0.2, 0) is 24.3 Å². The van der Waals surface area contributed by atoms with Gasteiger partial charge in [0.05, 0.1) is 17.7 Å². The molecule has 1 aromatic carbocycles. The Morgan fingerprint density at radius 3 is 2.72 bits per heavy atom. The maximum Gasteiger partial charge on any atom is 0.269 e. The first-order valence-electron chi connectivity index (χ1n) is 10.7. The van der Waals surface area contributed by atoms with Crippen LogP contribution in [0.3, 0.4) is 0 Å². The minimum absolute atomic E-state index is 0.0403. The lowest BCUT2D eigenvalue weighted by Crippen LogP contribution is -2.46. The van der Waals surface area contributed by atoms with Gasteiger partial charge in [0.1, 0.15) is 0 Å². The molecule has 32 heavy (non-hydrogen) atoms. The van der Waals surface area contributed by atoms with Gasteiger partial charge in [0, 0.05) is 54.6 Å². The minimum atomic E-state index is -0.417. The quantitative estimate of drug-likeness (QED) is 0.320. The molecule has 0 radical (unpaired) electrons. The number of nitrogens with zero attached hydrogens (tertiary/aromatic N) is 3. The molecule has 3 rings (SSSR count). The number of nitro benzene ring substituents is 1. The van der Waals surface area contributed by atoms with Crippen LogP contribution < -0.4 is 10.6 Å². The molecule has 0 fully saturated rings. The summed E-state index contributed by atoms with van der Waals surface area (Å²) < 4.78 is 1.90. The maximum absolute atomic E-state index is 12.8. The number of nitro groups is 1. The predicted octanol–water partition coefficient (Wildman–Crippen LogP) is 3.76. The van der Waals surface area contributed by atoms with Gasteiger partial charge in [-0.25, -0.2) is 4.98 Å². The van der Waals surface area contributed by atoms with Gasteiger partial charge in [-0.05, 0) is 22.9 Å². The molecule has 0 aliphatic carbocycles. The third kappa shape index (κ3) is 6.73. The van der Waals surface area contributed by atoms with E-state index in [2.05, 4.69) is 40.9 Å². The van der Waals surface area contributed by atoms with E-state index in [0.717, 1.165) is 24.2 Å². The monoisotopic (exact) mass is 455 g/mol. The lowest BCUT2D eigenvalue weighted by Gasteiger charge is -2.25. The van der Waals surface area contributed by atoms with Gasteiger partial charge in [0.25, 0.3) is 5.69 Å². The zero-order chi connectivity index (χ0) is 22.9. The van der Waals surface area contributed by atoms with Gasteiger partial charge in [-0.15, -0.1) is 11.3 Å². The standard InChI is InChI=1S/C23H29N5O3S/c1-3-17(2)22(14-24-13-21-5-4-10-32-21)26-23(29)11-20-12-25-16-27(20)15-18-6-8-19(9-7-18)28(30)31/h4-10,12,16-17,22,24H,3,11,13-15H2,1-2H3,(H,26,29)/t17-,22+/m0/s1. The molecule has 0 spiro atoms.